The number of ether oxygens (including phenoxy) is 1. The van der Waals surface area contributed by atoms with Crippen LogP contribution in [-0.4, -0.2) is 13.0 Å². The van der Waals surface area contributed by atoms with E-state index in [1.165, 1.54) is 11.1 Å². The maximum atomic E-state index is 12.1. The topological polar surface area (TPSA) is 38.3 Å². The van der Waals surface area contributed by atoms with Crippen molar-refractivity contribution in [3.05, 3.63) is 65.2 Å². The molecule has 0 radical (unpaired) electrons. The second-order valence-electron chi connectivity index (χ2n) is 5.66. The molecule has 2 rings (SSSR count). The molecule has 3 nitrogen and oxygen atoms in total. The first-order valence-electron chi connectivity index (χ1n) is 7.57. The van der Waals surface area contributed by atoms with Crippen LogP contribution in [0, 0.1) is 0 Å². The average molecular weight is 297 g/mol. The standard InChI is InChI=1S/C19H23NO2/c1-14(2)18-7-5-4-6-16(18)13-20-19(21)12-15-8-10-17(22-3)11-9-15/h4-11,14H,12-13H2,1-3H3,(H,20,21). The molecule has 0 aliphatic heterocycles. The molecule has 0 bridgehead atoms. The van der Waals surface area contributed by atoms with Crippen LogP contribution in [0.25, 0.3) is 0 Å². The molecule has 22 heavy (non-hydrogen) atoms. The van der Waals surface area contributed by atoms with Crippen molar-refractivity contribution in [1.82, 2.24) is 5.32 Å². The van der Waals surface area contributed by atoms with E-state index in [0.717, 1.165) is 11.3 Å². The van der Waals surface area contributed by atoms with Gasteiger partial charge in [-0.3, -0.25) is 4.79 Å². The zero-order chi connectivity index (χ0) is 15.9. The lowest BCUT2D eigenvalue weighted by Crippen LogP contribution is -2.25. The summed E-state index contributed by atoms with van der Waals surface area (Å²) in [6.45, 7) is 4.90. The number of nitrogens with one attached hydrogen (secondary N) is 1. The molecule has 0 saturated heterocycles. The van der Waals surface area contributed by atoms with E-state index in [-0.39, 0.29) is 5.91 Å². The average Bonchev–Trinajstić information content (AvgIpc) is 2.54. The molecule has 0 saturated carbocycles. The van der Waals surface area contributed by atoms with Gasteiger partial charge in [0.05, 0.1) is 13.5 Å². The Morgan fingerprint density at radius 3 is 2.41 bits per heavy atom. The largest absolute Gasteiger partial charge is 0.497 e. The molecule has 0 heterocycles. The van der Waals surface area contributed by atoms with Crippen molar-refractivity contribution in [3.63, 3.8) is 0 Å². The van der Waals surface area contributed by atoms with Gasteiger partial charge < -0.3 is 10.1 Å². The summed E-state index contributed by atoms with van der Waals surface area (Å²) in [6, 6.07) is 15.8. The van der Waals surface area contributed by atoms with Crippen LogP contribution in [0.15, 0.2) is 48.5 Å². The zero-order valence-corrected chi connectivity index (χ0v) is 13.4. The van der Waals surface area contributed by atoms with Crippen molar-refractivity contribution in [3.8, 4) is 5.75 Å². The van der Waals surface area contributed by atoms with Crippen LogP contribution in [0.2, 0.25) is 0 Å². The Balaban J connectivity index is 1.92. The van der Waals surface area contributed by atoms with Crippen molar-refractivity contribution < 1.29 is 9.53 Å². The van der Waals surface area contributed by atoms with Crippen LogP contribution in [0.4, 0.5) is 0 Å². The Hall–Kier alpha value is -2.29. The maximum absolute atomic E-state index is 12.1. The number of hydrogen-bond donors (Lipinski definition) is 1. The number of rotatable bonds is 6. The summed E-state index contributed by atoms with van der Waals surface area (Å²) in [4.78, 5) is 12.1. The third-order valence-corrected chi connectivity index (χ3v) is 3.68. The fourth-order valence-corrected chi connectivity index (χ4v) is 2.44. The fourth-order valence-electron chi connectivity index (χ4n) is 2.44. The summed E-state index contributed by atoms with van der Waals surface area (Å²) in [5, 5.41) is 3.00. The SMILES string of the molecule is COc1ccc(CC(=O)NCc2ccccc2C(C)C)cc1. The van der Waals surface area contributed by atoms with E-state index >= 15 is 0 Å². The number of methoxy groups -OCH3 is 1. The number of amides is 1. The summed E-state index contributed by atoms with van der Waals surface area (Å²) in [7, 11) is 1.63. The predicted octanol–water partition coefficient (Wildman–Crippen LogP) is 3.68. The normalized spacial score (nSPS) is 10.5. The highest BCUT2D eigenvalue weighted by molar-refractivity contribution is 5.78. The summed E-state index contributed by atoms with van der Waals surface area (Å²) >= 11 is 0. The van der Waals surface area contributed by atoms with Crippen molar-refractivity contribution in [2.75, 3.05) is 7.11 Å². The van der Waals surface area contributed by atoms with Crippen LogP contribution < -0.4 is 10.1 Å². The van der Waals surface area contributed by atoms with Crippen molar-refractivity contribution >= 4 is 5.91 Å². The number of hydrogen-bond acceptors (Lipinski definition) is 2. The quantitative estimate of drug-likeness (QED) is 0.883. The molecule has 1 amide bonds. The van der Waals surface area contributed by atoms with Crippen molar-refractivity contribution in [1.29, 1.82) is 0 Å². The number of benzene rings is 2. The lowest BCUT2D eigenvalue weighted by atomic mass is 9.97. The second kappa shape index (κ2) is 7.64. The van der Waals surface area contributed by atoms with Gasteiger partial charge in [-0.05, 0) is 34.7 Å². The Labute approximate surface area is 132 Å². The molecule has 0 aromatic heterocycles. The molecule has 0 fully saturated rings. The van der Waals surface area contributed by atoms with Crippen molar-refractivity contribution in [2.24, 2.45) is 0 Å². The molecule has 0 aliphatic carbocycles. The Morgan fingerprint density at radius 2 is 1.77 bits per heavy atom. The van der Waals surface area contributed by atoms with E-state index in [4.69, 9.17) is 4.74 Å². The molecule has 0 spiro atoms. The van der Waals surface area contributed by atoms with Gasteiger partial charge in [0.15, 0.2) is 0 Å². The zero-order valence-electron chi connectivity index (χ0n) is 13.4. The summed E-state index contributed by atoms with van der Waals surface area (Å²) in [5.74, 6) is 1.29. The fraction of sp³-hybridized carbons (Fsp3) is 0.316. The van der Waals surface area contributed by atoms with Gasteiger partial charge in [-0.2, -0.15) is 0 Å². The van der Waals surface area contributed by atoms with Gasteiger partial charge in [0.25, 0.3) is 0 Å². The Bertz CT molecular complexity index is 618. The smallest absolute Gasteiger partial charge is 0.224 e. The van der Waals surface area contributed by atoms with E-state index in [1.807, 2.05) is 36.4 Å². The van der Waals surface area contributed by atoms with Gasteiger partial charge in [-0.25, -0.2) is 0 Å². The Morgan fingerprint density at radius 1 is 1.09 bits per heavy atom. The minimum absolute atomic E-state index is 0.0312. The third kappa shape index (κ3) is 4.35. The molecule has 0 unspecified atom stereocenters. The predicted molar refractivity (Wildman–Crippen MR) is 89.1 cm³/mol. The van der Waals surface area contributed by atoms with Crippen molar-refractivity contribution in [2.45, 2.75) is 32.7 Å². The van der Waals surface area contributed by atoms with E-state index in [2.05, 4.69) is 31.3 Å². The van der Waals surface area contributed by atoms with Gasteiger partial charge in [-0.1, -0.05) is 50.2 Å². The second-order valence-corrected chi connectivity index (χ2v) is 5.66. The number of carbonyl (C=O) groups is 1. The highest BCUT2D eigenvalue weighted by Gasteiger charge is 2.08. The first-order valence-corrected chi connectivity index (χ1v) is 7.57. The molecule has 116 valence electrons. The Kier molecular flexibility index (Phi) is 5.59. The molecule has 0 atom stereocenters. The monoisotopic (exact) mass is 297 g/mol. The summed E-state index contributed by atoms with van der Waals surface area (Å²) in [6.07, 6.45) is 0.383. The minimum Gasteiger partial charge on any atom is -0.497 e. The molecule has 2 aromatic carbocycles. The molecule has 3 heteroatoms. The van der Waals surface area contributed by atoms with Gasteiger partial charge in [-0.15, -0.1) is 0 Å². The van der Waals surface area contributed by atoms with Crippen LogP contribution in [0.1, 0.15) is 36.5 Å². The van der Waals surface area contributed by atoms with E-state index in [9.17, 15) is 4.79 Å². The van der Waals surface area contributed by atoms with Crippen LogP contribution >= 0.6 is 0 Å². The molecular formula is C19H23NO2. The van der Waals surface area contributed by atoms with Gasteiger partial charge in [0, 0.05) is 6.54 Å². The number of carbonyl (C=O) groups excluding carboxylic acids is 1. The summed E-state index contributed by atoms with van der Waals surface area (Å²) < 4.78 is 5.11. The van der Waals surface area contributed by atoms with Gasteiger partial charge in [0.1, 0.15) is 5.75 Å². The highest BCUT2D eigenvalue weighted by atomic mass is 16.5. The lowest BCUT2D eigenvalue weighted by molar-refractivity contribution is -0.120. The van der Waals surface area contributed by atoms with E-state index < -0.39 is 0 Å². The molecular weight excluding hydrogens is 274 g/mol. The van der Waals surface area contributed by atoms with Crippen LogP contribution in [-0.2, 0) is 17.8 Å². The summed E-state index contributed by atoms with van der Waals surface area (Å²) in [5.41, 5.74) is 3.45. The van der Waals surface area contributed by atoms with Crippen LogP contribution in [0.3, 0.4) is 0 Å². The van der Waals surface area contributed by atoms with Gasteiger partial charge in [0.2, 0.25) is 5.91 Å². The van der Waals surface area contributed by atoms with E-state index in [1.54, 1.807) is 7.11 Å². The highest BCUT2D eigenvalue weighted by Crippen LogP contribution is 2.19. The lowest BCUT2D eigenvalue weighted by Gasteiger charge is -2.13. The van der Waals surface area contributed by atoms with Crippen LogP contribution in [0.5, 0.6) is 5.75 Å². The maximum Gasteiger partial charge on any atom is 0.224 e. The third-order valence-electron chi connectivity index (χ3n) is 3.68. The molecule has 2 aromatic rings. The molecule has 0 aliphatic rings. The first kappa shape index (κ1) is 16.1. The molecule has 1 N–H and O–H groups in total. The van der Waals surface area contributed by atoms with E-state index in [0.29, 0.717) is 18.9 Å². The minimum atomic E-state index is 0.0312. The van der Waals surface area contributed by atoms with Gasteiger partial charge >= 0.3 is 0 Å². The first-order chi connectivity index (χ1) is 10.6.